The molecular formula is C17H12BrClN4O2. The lowest BCUT2D eigenvalue weighted by Crippen LogP contribution is -1.95. The number of rotatable bonds is 4. The molecule has 0 aliphatic carbocycles. The quantitative estimate of drug-likeness (QED) is 0.442. The van der Waals surface area contributed by atoms with Crippen LogP contribution in [0.3, 0.4) is 0 Å². The third-order valence-corrected chi connectivity index (χ3v) is 4.66. The number of halogens is 2. The van der Waals surface area contributed by atoms with Gasteiger partial charge in [-0.25, -0.2) is 0 Å². The van der Waals surface area contributed by atoms with Crippen molar-refractivity contribution < 1.29 is 4.92 Å². The van der Waals surface area contributed by atoms with Gasteiger partial charge in [0.15, 0.2) is 11.6 Å². The van der Waals surface area contributed by atoms with Crippen LogP contribution in [0.25, 0.3) is 23.5 Å². The maximum absolute atomic E-state index is 10.7. The first-order valence-electron chi connectivity index (χ1n) is 7.23. The molecule has 25 heavy (non-hydrogen) atoms. The second-order valence-corrected chi connectivity index (χ2v) is 6.48. The first-order chi connectivity index (χ1) is 12.0. The van der Waals surface area contributed by atoms with Gasteiger partial charge in [-0.05, 0) is 36.4 Å². The molecule has 0 saturated carbocycles. The highest BCUT2D eigenvalue weighted by atomic mass is 79.9. The molecule has 1 heterocycles. The SMILES string of the molecule is Cn1c(/C=C/c2c(Cl)cccc2Br)nnc1-c1ccc([N+](=O)[O-])cc1. The molecule has 3 aromatic rings. The topological polar surface area (TPSA) is 73.8 Å². The Bertz CT molecular complexity index is 947. The fraction of sp³-hybridized carbons (Fsp3) is 0.0588. The van der Waals surface area contributed by atoms with E-state index in [0.29, 0.717) is 16.7 Å². The van der Waals surface area contributed by atoms with Crippen molar-refractivity contribution in [3.63, 3.8) is 0 Å². The summed E-state index contributed by atoms with van der Waals surface area (Å²) >= 11 is 9.66. The van der Waals surface area contributed by atoms with Gasteiger partial charge in [-0.3, -0.25) is 10.1 Å². The molecular weight excluding hydrogens is 408 g/mol. The monoisotopic (exact) mass is 418 g/mol. The van der Waals surface area contributed by atoms with Crippen molar-refractivity contribution in [3.8, 4) is 11.4 Å². The summed E-state index contributed by atoms with van der Waals surface area (Å²) in [7, 11) is 1.83. The van der Waals surface area contributed by atoms with Crippen molar-refractivity contribution in [1.82, 2.24) is 14.8 Å². The lowest BCUT2D eigenvalue weighted by molar-refractivity contribution is -0.384. The smallest absolute Gasteiger partial charge is 0.269 e. The molecule has 0 saturated heterocycles. The molecule has 0 aliphatic heterocycles. The molecule has 0 unspecified atom stereocenters. The second kappa shape index (κ2) is 7.16. The average Bonchev–Trinajstić information content (AvgIpc) is 2.95. The van der Waals surface area contributed by atoms with Crippen LogP contribution >= 0.6 is 27.5 Å². The summed E-state index contributed by atoms with van der Waals surface area (Å²) in [5, 5.41) is 19.7. The molecule has 126 valence electrons. The summed E-state index contributed by atoms with van der Waals surface area (Å²) < 4.78 is 2.69. The standard InChI is InChI=1S/C17H12BrClN4O2/c1-22-16(10-9-13-14(18)3-2-4-15(13)19)20-21-17(22)11-5-7-12(8-6-11)23(24)25/h2-10H,1H3/b10-9+. The van der Waals surface area contributed by atoms with Gasteiger partial charge >= 0.3 is 0 Å². The highest BCUT2D eigenvalue weighted by molar-refractivity contribution is 9.10. The van der Waals surface area contributed by atoms with Crippen molar-refractivity contribution in [1.29, 1.82) is 0 Å². The predicted molar refractivity (Wildman–Crippen MR) is 101 cm³/mol. The van der Waals surface area contributed by atoms with E-state index in [-0.39, 0.29) is 5.69 Å². The largest absolute Gasteiger partial charge is 0.311 e. The number of non-ortho nitro benzene ring substituents is 1. The Kier molecular flexibility index (Phi) is 4.96. The Labute approximate surface area is 157 Å². The van der Waals surface area contributed by atoms with Gasteiger partial charge in [0.1, 0.15) is 0 Å². The number of hydrogen-bond acceptors (Lipinski definition) is 4. The Balaban J connectivity index is 1.91. The first kappa shape index (κ1) is 17.3. The number of nitro groups is 1. The molecule has 0 spiro atoms. The van der Waals surface area contributed by atoms with Crippen LogP contribution in [0.2, 0.25) is 5.02 Å². The Morgan fingerprint density at radius 2 is 1.88 bits per heavy atom. The van der Waals surface area contributed by atoms with E-state index in [9.17, 15) is 10.1 Å². The molecule has 6 nitrogen and oxygen atoms in total. The van der Waals surface area contributed by atoms with Gasteiger partial charge in [-0.15, -0.1) is 10.2 Å². The van der Waals surface area contributed by atoms with Crippen LogP contribution in [0.1, 0.15) is 11.4 Å². The van der Waals surface area contributed by atoms with Gasteiger partial charge in [-0.1, -0.05) is 33.6 Å². The summed E-state index contributed by atoms with van der Waals surface area (Å²) in [6.45, 7) is 0. The molecule has 0 atom stereocenters. The Hall–Kier alpha value is -2.51. The minimum Gasteiger partial charge on any atom is -0.311 e. The molecule has 2 aromatic carbocycles. The average molecular weight is 420 g/mol. The summed E-state index contributed by atoms with van der Waals surface area (Å²) in [6.07, 6.45) is 3.67. The van der Waals surface area contributed by atoms with E-state index < -0.39 is 4.92 Å². The normalized spacial score (nSPS) is 11.2. The molecule has 0 radical (unpaired) electrons. The Morgan fingerprint density at radius 3 is 2.52 bits per heavy atom. The highest BCUT2D eigenvalue weighted by Gasteiger charge is 2.11. The van der Waals surface area contributed by atoms with Crippen molar-refractivity contribution in [2.75, 3.05) is 0 Å². The number of nitrogens with zero attached hydrogens (tertiary/aromatic N) is 4. The molecule has 8 heteroatoms. The number of benzene rings is 2. The van der Waals surface area contributed by atoms with Crippen LogP contribution in [0, 0.1) is 10.1 Å². The second-order valence-electron chi connectivity index (χ2n) is 5.21. The first-order valence-corrected chi connectivity index (χ1v) is 8.41. The molecule has 0 fully saturated rings. The molecule has 0 bridgehead atoms. The van der Waals surface area contributed by atoms with Gasteiger partial charge in [0.25, 0.3) is 5.69 Å². The molecule has 1 aromatic heterocycles. The number of hydrogen-bond donors (Lipinski definition) is 0. The van der Waals surface area contributed by atoms with E-state index in [1.165, 1.54) is 12.1 Å². The predicted octanol–water partition coefficient (Wildman–Crippen LogP) is 4.98. The van der Waals surface area contributed by atoms with E-state index >= 15 is 0 Å². The van der Waals surface area contributed by atoms with Gasteiger partial charge in [-0.2, -0.15) is 0 Å². The fourth-order valence-electron chi connectivity index (χ4n) is 2.30. The zero-order valence-corrected chi connectivity index (χ0v) is 15.4. The lowest BCUT2D eigenvalue weighted by Gasteiger charge is -2.03. The van der Waals surface area contributed by atoms with E-state index in [1.807, 2.05) is 42.0 Å². The molecule has 0 aliphatic rings. The zero-order valence-electron chi connectivity index (χ0n) is 13.1. The van der Waals surface area contributed by atoms with E-state index in [0.717, 1.165) is 15.6 Å². The summed E-state index contributed by atoms with van der Waals surface area (Å²) in [5.41, 5.74) is 1.64. The van der Waals surface area contributed by atoms with E-state index in [2.05, 4.69) is 26.1 Å². The molecule has 0 amide bonds. The summed E-state index contributed by atoms with van der Waals surface area (Å²) in [5.74, 6) is 1.26. The van der Waals surface area contributed by atoms with Crippen molar-refractivity contribution in [2.45, 2.75) is 0 Å². The number of nitro benzene ring substituents is 1. The summed E-state index contributed by atoms with van der Waals surface area (Å²) in [6, 6.07) is 11.8. The Morgan fingerprint density at radius 1 is 1.16 bits per heavy atom. The zero-order chi connectivity index (χ0) is 18.0. The van der Waals surface area contributed by atoms with Gasteiger partial charge in [0.2, 0.25) is 0 Å². The van der Waals surface area contributed by atoms with E-state index in [1.54, 1.807) is 12.1 Å². The van der Waals surface area contributed by atoms with Crippen LogP contribution < -0.4 is 0 Å². The third-order valence-electron chi connectivity index (χ3n) is 3.64. The summed E-state index contributed by atoms with van der Waals surface area (Å²) in [4.78, 5) is 10.3. The van der Waals surface area contributed by atoms with Gasteiger partial charge in [0.05, 0.1) is 4.92 Å². The van der Waals surface area contributed by atoms with Crippen LogP contribution in [0.5, 0.6) is 0 Å². The van der Waals surface area contributed by atoms with Crippen LogP contribution in [-0.2, 0) is 7.05 Å². The van der Waals surface area contributed by atoms with Crippen LogP contribution in [-0.4, -0.2) is 19.7 Å². The van der Waals surface area contributed by atoms with Crippen LogP contribution in [0.15, 0.2) is 46.9 Å². The van der Waals surface area contributed by atoms with Gasteiger partial charge in [0, 0.05) is 39.8 Å². The van der Waals surface area contributed by atoms with Crippen molar-refractivity contribution in [2.24, 2.45) is 7.05 Å². The van der Waals surface area contributed by atoms with Crippen LogP contribution in [0.4, 0.5) is 5.69 Å². The third kappa shape index (κ3) is 3.62. The van der Waals surface area contributed by atoms with Gasteiger partial charge < -0.3 is 4.57 Å². The minimum atomic E-state index is -0.434. The molecule has 0 N–H and O–H groups in total. The van der Waals surface area contributed by atoms with Crippen molar-refractivity contribution >= 4 is 45.4 Å². The van der Waals surface area contributed by atoms with E-state index in [4.69, 9.17) is 11.6 Å². The maximum Gasteiger partial charge on any atom is 0.269 e. The number of aromatic nitrogens is 3. The minimum absolute atomic E-state index is 0.0367. The highest BCUT2D eigenvalue weighted by Crippen LogP contribution is 2.27. The maximum atomic E-state index is 10.7. The fourth-order valence-corrected chi connectivity index (χ4v) is 3.15. The lowest BCUT2D eigenvalue weighted by atomic mass is 10.2. The van der Waals surface area contributed by atoms with Crippen molar-refractivity contribution in [3.05, 3.63) is 73.5 Å². The molecule has 3 rings (SSSR count).